The van der Waals surface area contributed by atoms with Crippen molar-refractivity contribution in [1.29, 1.82) is 5.26 Å². The number of aromatic amines is 2. The van der Waals surface area contributed by atoms with Gasteiger partial charge in [-0.3, -0.25) is 9.59 Å². The van der Waals surface area contributed by atoms with Crippen molar-refractivity contribution in [1.82, 2.24) is 20.6 Å². The molecule has 2 aromatic heterocycles. The maximum absolute atomic E-state index is 12.8. The van der Waals surface area contributed by atoms with Crippen LogP contribution in [0.15, 0.2) is 60.9 Å². The number of H-pyrrole nitrogens is 2. The molecule has 0 aliphatic rings. The molecule has 0 aliphatic heterocycles. The molecule has 0 fully saturated rings. The largest absolute Gasteiger partial charge is 0.361 e. The fraction of sp³-hybridized carbons (Fsp3) is 0.269. The molecule has 2 amide bonds. The van der Waals surface area contributed by atoms with E-state index in [1.165, 1.54) is 10.9 Å². The molecule has 0 saturated carbocycles. The first-order chi connectivity index (χ1) is 16.2. The van der Waals surface area contributed by atoms with Gasteiger partial charge in [0.1, 0.15) is 6.04 Å². The van der Waals surface area contributed by atoms with E-state index in [-0.39, 0.29) is 24.8 Å². The molecule has 0 radical (unpaired) electrons. The van der Waals surface area contributed by atoms with Gasteiger partial charge in [-0.2, -0.15) is 5.26 Å². The smallest absolute Gasteiger partial charge is 0.242 e. The minimum absolute atomic E-state index is 0.157. The Hall–Kier alpha value is -4.05. The molecule has 7 heteroatoms. The SMILES string of the molecule is N#CCCNC(=O)C(Cc1c[nH]c2ccccc12)NC(=O)CCCc1c[nH]c2ccccc12. The Morgan fingerprint density at radius 1 is 0.939 bits per heavy atom. The van der Waals surface area contributed by atoms with Crippen molar-refractivity contribution in [2.45, 2.75) is 38.1 Å². The van der Waals surface area contributed by atoms with E-state index < -0.39 is 6.04 Å². The van der Waals surface area contributed by atoms with Gasteiger partial charge < -0.3 is 20.6 Å². The van der Waals surface area contributed by atoms with Crippen LogP contribution in [0.1, 0.15) is 30.4 Å². The molecule has 2 heterocycles. The minimum Gasteiger partial charge on any atom is -0.361 e. The van der Waals surface area contributed by atoms with E-state index >= 15 is 0 Å². The lowest BCUT2D eigenvalue weighted by Gasteiger charge is -2.18. The normalized spacial score (nSPS) is 11.8. The lowest BCUT2D eigenvalue weighted by Crippen LogP contribution is -2.48. The molecular formula is C26H27N5O2. The van der Waals surface area contributed by atoms with Crippen molar-refractivity contribution < 1.29 is 9.59 Å². The number of benzene rings is 2. The van der Waals surface area contributed by atoms with Crippen LogP contribution in [0.2, 0.25) is 0 Å². The summed E-state index contributed by atoms with van der Waals surface area (Å²) >= 11 is 0. The summed E-state index contributed by atoms with van der Waals surface area (Å²) in [7, 11) is 0. The van der Waals surface area contributed by atoms with Crippen LogP contribution in [0.4, 0.5) is 0 Å². The zero-order valence-corrected chi connectivity index (χ0v) is 18.4. The van der Waals surface area contributed by atoms with Gasteiger partial charge in [0, 0.05) is 53.6 Å². The van der Waals surface area contributed by atoms with Gasteiger partial charge in [0.05, 0.1) is 12.5 Å². The Morgan fingerprint density at radius 3 is 2.27 bits per heavy atom. The van der Waals surface area contributed by atoms with Crippen molar-refractivity contribution >= 4 is 33.6 Å². The van der Waals surface area contributed by atoms with Crippen molar-refractivity contribution in [3.63, 3.8) is 0 Å². The summed E-state index contributed by atoms with van der Waals surface area (Å²) in [6.45, 7) is 0.260. The van der Waals surface area contributed by atoms with Crippen molar-refractivity contribution in [3.8, 4) is 6.07 Å². The van der Waals surface area contributed by atoms with Gasteiger partial charge in [0.15, 0.2) is 0 Å². The van der Waals surface area contributed by atoms with Crippen molar-refractivity contribution in [2.24, 2.45) is 0 Å². The van der Waals surface area contributed by atoms with E-state index in [0.717, 1.165) is 28.4 Å². The third-order valence-corrected chi connectivity index (χ3v) is 5.81. The molecule has 0 aliphatic carbocycles. The Labute approximate surface area is 192 Å². The highest BCUT2D eigenvalue weighted by Crippen LogP contribution is 2.20. The van der Waals surface area contributed by atoms with E-state index in [4.69, 9.17) is 5.26 Å². The second-order valence-corrected chi connectivity index (χ2v) is 8.10. The van der Waals surface area contributed by atoms with Gasteiger partial charge in [-0.25, -0.2) is 0 Å². The number of hydrogen-bond acceptors (Lipinski definition) is 3. The molecule has 1 atom stereocenters. The third-order valence-electron chi connectivity index (χ3n) is 5.81. The van der Waals surface area contributed by atoms with Gasteiger partial charge in [-0.05, 0) is 36.1 Å². The van der Waals surface area contributed by atoms with Crippen molar-refractivity contribution in [2.75, 3.05) is 6.54 Å². The number of carbonyl (C=O) groups excluding carboxylic acids is 2. The molecule has 7 nitrogen and oxygen atoms in total. The lowest BCUT2D eigenvalue weighted by molar-refractivity contribution is -0.129. The molecule has 1 unspecified atom stereocenters. The molecule has 0 spiro atoms. The van der Waals surface area contributed by atoms with E-state index in [0.29, 0.717) is 19.3 Å². The number of nitriles is 1. The topological polar surface area (TPSA) is 114 Å². The summed E-state index contributed by atoms with van der Waals surface area (Å²) in [4.78, 5) is 32.0. The van der Waals surface area contributed by atoms with E-state index in [1.807, 2.05) is 60.9 Å². The molecule has 0 bridgehead atoms. The molecule has 168 valence electrons. The van der Waals surface area contributed by atoms with Crippen LogP contribution in [-0.2, 0) is 22.4 Å². The van der Waals surface area contributed by atoms with Gasteiger partial charge >= 0.3 is 0 Å². The van der Waals surface area contributed by atoms with Crippen LogP contribution >= 0.6 is 0 Å². The number of para-hydroxylation sites is 2. The lowest BCUT2D eigenvalue weighted by atomic mass is 10.0. The van der Waals surface area contributed by atoms with Gasteiger partial charge in [-0.1, -0.05) is 36.4 Å². The number of fused-ring (bicyclic) bond motifs is 2. The summed E-state index contributed by atoms with van der Waals surface area (Å²) in [6.07, 6.45) is 6.26. The van der Waals surface area contributed by atoms with E-state index in [9.17, 15) is 9.59 Å². The predicted octanol–water partition coefficient (Wildman–Crippen LogP) is 3.73. The average Bonchev–Trinajstić information content (AvgIpc) is 3.43. The Morgan fingerprint density at radius 2 is 1.58 bits per heavy atom. The second-order valence-electron chi connectivity index (χ2n) is 8.10. The summed E-state index contributed by atoms with van der Waals surface area (Å²) in [6, 6.07) is 17.3. The number of nitrogens with one attached hydrogen (secondary N) is 4. The van der Waals surface area contributed by atoms with Crippen LogP contribution < -0.4 is 10.6 Å². The van der Waals surface area contributed by atoms with Crippen LogP contribution in [-0.4, -0.2) is 34.4 Å². The molecule has 4 rings (SSSR count). The average molecular weight is 442 g/mol. The quantitative estimate of drug-likeness (QED) is 0.281. The first-order valence-corrected chi connectivity index (χ1v) is 11.2. The fourth-order valence-corrected chi connectivity index (χ4v) is 4.14. The highest BCUT2D eigenvalue weighted by Gasteiger charge is 2.22. The number of amides is 2. The Bertz CT molecular complexity index is 1300. The number of hydrogen-bond donors (Lipinski definition) is 4. The maximum atomic E-state index is 12.8. The van der Waals surface area contributed by atoms with Gasteiger partial charge in [0.2, 0.25) is 11.8 Å². The van der Waals surface area contributed by atoms with Gasteiger partial charge in [0.25, 0.3) is 0 Å². The zero-order chi connectivity index (χ0) is 23.0. The highest BCUT2D eigenvalue weighted by molar-refractivity contribution is 5.89. The molecule has 4 N–H and O–H groups in total. The molecule has 0 saturated heterocycles. The maximum Gasteiger partial charge on any atom is 0.242 e. The van der Waals surface area contributed by atoms with Crippen LogP contribution in [0.3, 0.4) is 0 Å². The Balaban J connectivity index is 1.38. The summed E-state index contributed by atoms with van der Waals surface area (Å²) in [5, 5.41) is 16.6. The molecular weight excluding hydrogens is 414 g/mol. The highest BCUT2D eigenvalue weighted by atomic mass is 16.2. The number of carbonyl (C=O) groups is 2. The van der Waals surface area contributed by atoms with Crippen LogP contribution in [0.5, 0.6) is 0 Å². The van der Waals surface area contributed by atoms with Gasteiger partial charge in [-0.15, -0.1) is 0 Å². The van der Waals surface area contributed by atoms with Crippen LogP contribution in [0, 0.1) is 11.3 Å². The summed E-state index contributed by atoms with van der Waals surface area (Å²) in [5.74, 6) is -0.435. The number of nitrogens with zero attached hydrogens (tertiary/aromatic N) is 1. The fourth-order valence-electron chi connectivity index (χ4n) is 4.14. The first-order valence-electron chi connectivity index (χ1n) is 11.2. The molecule has 4 aromatic rings. The summed E-state index contributed by atoms with van der Waals surface area (Å²) in [5.41, 5.74) is 4.22. The molecule has 2 aromatic carbocycles. The first kappa shape index (κ1) is 22.2. The monoisotopic (exact) mass is 441 g/mol. The number of aryl methyl sites for hydroxylation is 1. The second kappa shape index (κ2) is 10.5. The Kier molecular flexibility index (Phi) is 7.06. The number of aromatic nitrogens is 2. The third kappa shape index (κ3) is 5.42. The molecule has 33 heavy (non-hydrogen) atoms. The minimum atomic E-state index is -0.705. The van der Waals surface area contributed by atoms with E-state index in [1.54, 1.807) is 0 Å². The van der Waals surface area contributed by atoms with Crippen LogP contribution in [0.25, 0.3) is 21.8 Å². The van der Waals surface area contributed by atoms with E-state index in [2.05, 4.69) is 26.7 Å². The van der Waals surface area contributed by atoms with Crippen molar-refractivity contribution in [3.05, 3.63) is 72.1 Å². The summed E-state index contributed by atoms with van der Waals surface area (Å²) < 4.78 is 0. The zero-order valence-electron chi connectivity index (χ0n) is 18.4. The standard InChI is InChI=1S/C26H27N5O2/c27-13-6-14-28-26(33)24(15-19-17-30-23-11-4-2-9-21(19)23)31-25(32)12-5-7-18-16-29-22-10-3-1-8-20(18)22/h1-4,8-11,16-17,24,29-30H,5-7,12,14-15H2,(H,28,33)(H,31,32). The predicted molar refractivity (Wildman–Crippen MR) is 128 cm³/mol. The number of rotatable bonds is 10.